The van der Waals surface area contributed by atoms with Gasteiger partial charge in [-0.3, -0.25) is 0 Å². The molecule has 0 aromatic carbocycles. The highest BCUT2D eigenvalue weighted by Gasteiger charge is 1.97. The van der Waals surface area contributed by atoms with E-state index in [-0.39, 0.29) is 0 Å². The summed E-state index contributed by atoms with van der Waals surface area (Å²) >= 11 is 0. The van der Waals surface area contributed by atoms with Gasteiger partial charge in [-0.05, 0) is 34.6 Å². The minimum absolute atomic E-state index is 0.500. The molecule has 1 heteroatoms. The van der Waals surface area contributed by atoms with E-state index >= 15 is 0 Å². The van der Waals surface area contributed by atoms with Crippen molar-refractivity contribution in [2.24, 2.45) is 0 Å². The zero-order chi connectivity index (χ0) is 9.49. The van der Waals surface area contributed by atoms with E-state index in [1.165, 1.54) is 5.57 Å². The standard InChI is InChI=1S/C6H10.C4H10O/c1-4-6(3)5-2;1-4(2,3)5/h4-5H,1H2,2-3H3;5H,1-3H3. The summed E-state index contributed by atoms with van der Waals surface area (Å²) in [5, 5.41) is 8.52. The minimum Gasteiger partial charge on any atom is -0.391 e. The van der Waals surface area contributed by atoms with Gasteiger partial charge in [0.15, 0.2) is 0 Å². The van der Waals surface area contributed by atoms with Gasteiger partial charge in [-0.25, -0.2) is 0 Å². The fraction of sp³-hybridized carbons (Fsp3) is 0.600. The fourth-order valence-corrected chi connectivity index (χ4v) is 0.118. The first-order chi connectivity index (χ1) is 4.81. The van der Waals surface area contributed by atoms with Gasteiger partial charge in [-0.15, -0.1) is 0 Å². The molecule has 0 spiro atoms. The van der Waals surface area contributed by atoms with Crippen LogP contribution in [0.2, 0.25) is 0 Å². The molecule has 1 N–H and O–H groups in total. The molecule has 11 heavy (non-hydrogen) atoms. The molecular formula is C10H20O. The van der Waals surface area contributed by atoms with Gasteiger partial charge in [-0.2, -0.15) is 0 Å². The molecule has 0 amide bonds. The lowest BCUT2D eigenvalue weighted by molar-refractivity contribution is 0.102. The zero-order valence-electron chi connectivity index (χ0n) is 8.31. The Bertz CT molecular complexity index is 120. The number of allylic oxidation sites excluding steroid dienone is 3. The first kappa shape index (κ1) is 13.1. The molecule has 0 fully saturated rings. The summed E-state index contributed by atoms with van der Waals surface area (Å²) in [7, 11) is 0. The minimum atomic E-state index is -0.500. The highest BCUT2D eigenvalue weighted by atomic mass is 16.3. The van der Waals surface area contributed by atoms with Crippen molar-refractivity contribution >= 4 is 0 Å². The predicted octanol–water partition coefficient (Wildman–Crippen LogP) is 2.92. The van der Waals surface area contributed by atoms with Crippen LogP contribution in [0.5, 0.6) is 0 Å². The Morgan fingerprint density at radius 2 is 1.64 bits per heavy atom. The molecule has 0 heterocycles. The second-order valence-corrected chi connectivity index (χ2v) is 3.41. The van der Waals surface area contributed by atoms with Crippen LogP contribution in [0.25, 0.3) is 0 Å². The van der Waals surface area contributed by atoms with Gasteiger partial charge >= 0.3 is 0 Å². The summed E-state index contributed by atoms with van der Waals surface area (Å²) in [4.78, 5) is 0. The Balaban J connectivity index is 0. The average Bonchev–Trinajstić information content (AvgIpc) is 1.83. The van der Waals surface area contributed by atoms with Crippen molar-refractivity contribution in [1.82, 2.24) is 0 Å². The number of hydrogen-bond acceptors (Lipinski definition) is 1. The van der Waals surface area contributed by atoms with E-state index in [2.05, 4.69) is 6.58 Å². The summed E-state index contributed by atoms with van der Waals surface area (Å²) in [6.07, 6.45) is 3.85. The Morgan fingerprint density at radius 3 is 1.64 bits per heavy atom. The summed E-state index contributed by atoms with van der Waals surface area (Å²) in [5.41, 5.74) is 0.731. The first-order valence-corrected chi connectivity index (χ1v) is 3.79. The van der Waals surface area contributed by atoms with Crippen LogP contribution in [0.1, 0.15) is 34.6 Å². The van der Waals surface area contributed by atoms with E-state index in [9.17, 15) is 0 Å². The Morgan fingerprint density at radius 1 is 1.36 bits per heavy atom. The molecule has 1 nitrogen and oxygen atoms in total. The third-order valence-electron chi connectivity index (χ3n) is 0.777. The molecule has 0 unspecified atom stereocenters. The van der Waals surface area contributed by atoms with Crippen molar-refractivity contribution < 1.29 is 5.11 Å². The van der Waals surface area contributed by atoms with Crippen molar-refractivity contribution in [3.8, 4) is 0 Å². The van der Waals surface area contributed by atoms with Gasteiger partial charge in [0.2, 0.25) is 0 Å². The molecule has 0 saturated heterocycles. The second kappa shape index (κ2) is 6.17. The number of rotatable bonds is 1. The normalized spacial score (nSPS) is 11.6. The van der Waals surface area contributed by atoms with E-state index in [0.29, 0.717) is 0 Å². The largest absolute Gasteiger partial charge is 0.391 e. The summed E-state index contributed by atoms with van der Waals surface area (Å²) < 4.78 is 0. The third kappa shape index (κ3) is 44.2. The summed E-state index contributed by atoms with van der Waals surface area (Å²) in [6, 6.07) is 0. The molecule has 0 aliphatic rings. The smallest absolute Gasteiger partial charge is 0.0563 e. The van der Waals surface area contributed by atoms with Crippen molar-refractivity contribution in [2.45, 2.75) is 40.2 Å². The zero-order valence-corrected chi connectivity index (χ0v) is 8.31. The molecule has 0 aromatic heterocycles. The van der Waals surface area contributed by atoms with E-state index in [1.54, 1.807) is 20.8 Å². The molecule has 0 aliphatic carbocycles. The molecule has 0 aliphatic heterocycles. The van der Waals surface area contributed by atoms with E-state index < -0.39 is 5.60 Å². The van der Waals surface area contributed by atoms with Crippen LogP contribution in [0.15, 0.2) is 24.3 Å². The maximum Gasteiger partial charge on any atom is 0.0563 e. The van der Waals surface area contributed by atoms with Crippen LogP contribution in [0.3, 0.4) is 0 Å². The van der Waals surface area contributed by atoms with Crippen LogP contribution in [0.4, 0.5) is 0 Å². The summed E-state index contributed by atoms with van der Waals surface area (Å²) in [5.74, 6) is 0. The lowest BCUT2D eigenvalue weighted by atomic mass is 10.2. The van der Waals surface area contributed by atoms with Gasteiger partial charge in [0.1, 0.15) is 0 Å². The molecule has 66 valence electrons. The second-order valence-electron chi connectivity index (χ2n) is 3.41. The third-order valence-corrected chi connectivity index (χ3v) is 0.777. The van der Waals surface area contributed by atoms with Crippen LogP contribution < -0.4 is 0 Å². The molecule has 0 atom stereocenters. The van der Waals surface area contributed by atoms with Crippen LogP contribution in [-0.4, -0.2) is 10.7 Å². The van der Waals surface area contributed by atoms with E-state index in [1.807, 2.05) is 26.0 Å². The summed E-state index contributed by atoms with van der Waals surface area (Å²) in [6.45, 7) is 12.8. The van der Waals surface area contributed by atoms with Crippen molar-refractivity contribution in [3.63, 3.8) is 0 Å². The van der Waals surface area contributed by atoms with Gasteiger partial charge in [0, 0.05) is 0 Å². The first-order valence-electron chi connectivity index (χ1n) is 3.79. The molecule has 0 rings (SSSR count). The van der Waals surface area contributed by atoms with Crippen LogP contribution >= 0.6 is 0 Å². The van der Waals surface area contributed by atoms with Crippen LogP contribution in [-0.2, 0) is 0 Å². The molecular weight excluding hydrogens is 136 g/mol. The van der Waals surface area contributed by atoms with Gasteiger partial charge in [0.05, 0.1) is 5.60 Å². The topological polar surface area (TPSA) is 20.2 Å². The quantitative estimate of drug-likeness (QED) is 0.579. The number of aliphatic hydroxyl groups is 1. The molecule has 0 saturated carbocycles. The highest BCUT2D eigenvalue weighted by molar-refractivity contribution is 5.10. The Labute approximate surface area is 70.4 Å². The lowest BCUT2D eigenvalue weighted by Gasteiger charge is -2.04. The molecule has 0 bridgehead atoms. The highest BCUT2D eigenvalue weighted by Crippen LogP contribution is 1.93. The van der Waals surface area contributed by atoms with Crippen LogP contribution in [0, 0.1) is 0 Å². The van der Waals surface area contributed by atoms with Crippen molar-refractivity contribution in [2.75, 3.05) is 0 Å². The maximum atomic E-state index is 8.52. The van der Waals surface area contributed by atoms with Gasteiger partial charge < -0.3 is 5.11 Å². The average molecular weight is 156 g/mol. The molecule has 0 radical (unpaired) electrons. The maximum absolute atomic E-state index is 8.52. The van der Waals surface area contributed by atoms with E-state index in [0.717, 1.165) is 0 Å². The molecule has 0 aromatic rings. The lowest BCUT2D eigenvalue weighted by Crippen LogP contribution is -2.10. The van der Waals surface area contributed by atoms with Crippen molar-refractivity contribution in [3.05, 3.63) is 24.3 Å². The fourth-order valence-electron chi connectivity index (χ4n) is 0.118. The monoisotopic (exact) mass is 156 g/mol. The Hall–Kier alpha value is -0.560. The predicted molar refractivity (Wildman–Crippen MR) is 51.6 cm³/mol. The Kier molecular flexibility index (Phi) is 7.33. The van der Waals surface area contributed by atoms with E-state index in [4.69, 9.17) is 5.11 Å². The van der Waals surface area contributed by atoms with Gasteiger partial charge in [-0.1, -0.05) is 24.3 Å². The van der Waals surface area contributed by atoms with Gasteiger partial charge in [0.25, 0.3) is 0 Å². The number of hydrogen-bond donors (Lipinski definition) is 1. The SMILES string of the molecule is C=CC(C)=CC.CC(C)(C)O. The van der Waals surface area contributed by atoms with Crippen molar-refractivity contribution in [1.29, 1.82) is 0 Å².